The van der Waals surface area contributed by atoms with E-state index < -0.39 is 11.6 Å². The van der Waals surface area contributed by atoms with Gasteiger partial charge in [-0.25, -0.2) is 8.78 Å². The van der Waals surface area contributed by atoms with Gasteiger partial charge in [0.2, 0.25) is 5.91 Å². The van der Waals surface area contributed by atoms with Gasteiger partial charge in [0.1, 0.15) is 25.1 Å². The lowest BCUT2D eigenvalue weighted by molar-refractivity contribution is -0.142. The number of ether oxygens (including phenoxy) is 3. The fraction of sp³-hybridized carbons (Fsp3) is 0.682. The molecule has 0 aliphatic carbocycles. The average molecular weight is 427 g/mol. The molecule has 0 saturated carbocycles. The molecule has 0 radical (unpaired) electrons. The Morgan fingerprint density at radius 3 is 2.63 bits per heavy atom. The van der Waals surface area contributed by atoms with Crippen molar-refractivity contribution in [3.63, 3.8) is 0 Å². The second-order valence-electron chi connectivity index (χ2n) is 7.73. The molecule has 1 aromatic rings. The van der Waals surface area contributed by atoms with Crippen LogP contribution in [0.3, 0.4) is 0 Å². The fourth-order valence-electron chi connectivity index (χ4n) is 4.11. The molecular weight excluding hydrogens is 394 g/mol. The first-order chi connectivity index (χ1) is 14.6. The molecule has 0 aromatic heterocycles. The Morgan fingerprint density at radius 1 is 1.13 bits per heavy atom. The van der Waals surface area contributed by atoms with Gasteiger partial charge in [0.05, 0.1) is 6.61 Å². The first-order valence-electron chi connectivity index (χ1n) is 10.9. The number of fused-ring (bicyclic) bond motifs is 1. The van der Waals surface area contributed by atoms with E-state index in [1.165, 1.54) is 6.07 Å². The number of carbonyl (C=O) groups excluding carboxylic acids is 1. The average Bonchev–Trinajstić information content (AvgIpc) is 2.75. The van der Waals surface area contributed by atoms with Crippen LogP contribution in [0, 0.1) is 17.6 Å². The Hall–Kier alpha value is -1.93. The molecule has 2 saturated heterocycles. The van der Waals surface area contributed by atoms with Crippen LogP contribution in [0.15, 0.2) is 12.1 Å². The van der Waals surface area contributed by atoms with Crippen LogP contribution in [0.1, 0.15) is 33.1 Å². The maximum atomic E-state index is 13.7. The Balaban J connectivity index is 0.00000124. The molecule has 1 amide bonds. The molecule has 0 N–H and O–H groups in total. The van der Waals surface area contributed by atoms with Crippen LogP contribution >= 0.6 is 0 Å². The quantitative estimate of drug-likeness (QED) is 0.724. The summed E-state index contributed by atoms with van der Waals surface area (Å²) in [5.41, 5.74) is 0. The van der Waals surface area contributed by atoms with E-state index in [1.54, 1.807) is 0 Å². The third-order valence-corrected chi connectivity index (χ3v) is 5.74. The molecule has 6 nitrogen and oxygen atoms in total. The molecule has 0 unspecified atom stereocenters. The second kappa shape index (κ2) is 10.9. The summed E-state index contributed by atoms with van der Waals surface area (Å²) in [5.74, 6) is -0.563. The maximum absolute atomic E-state index is 13.7. The molecule has 3 aliphatic rings. The number of morpholine rings is 1. The number of amides is 1. The van der Waals surface area contributed by atoms with Crippen LogP contribution in [-0.4, -0.2) is 74.4 Å². The lowest BCUT2D eigenvalue weighted by Crippen LogP contribution is -2.45. The van der Waals surface area contributed by atoms with Crippen molar-refractivity contribution in [1.29, 1.82) is 0 Å². The smallest absolute Gasteiger partial charge is 0.248 e. The van der Waals surface area contributed by atoms with Gasteiger partial charge in [-0.3, -0.25) is 9.69 Å². The van der Waals surface area contributed by atoms with Crippen LogP contribution in [0.25, 0.3) is 0 Å². The van der Waals surface area contributed by atoms with Crippen molar-refractivity contribution < 1.29 is 27.8 Å². The zero-order valence-corrected chi connectivity index (χ0v) is 17.9. The van der Waals surface area contributed by atoms with Crippen LogP contribution in [0.4, 0.5) is 8.78 Å². The lowest BCUT2D eigenvalue weighted by Gasteiger charge is -2.36. The number of carbonyl (C=O) groups is 1. The van der Waals surface area contributed by atoms with Crippen molar-refractivity contribution in [2.75, 3.05) is 52.5 Å². The number of halogens is 2. The molecular formula is C22H32F2N2O4. The Labute approximate surface area is 177 Å². The van der Waals surface area contributed by atoms with Gasteiger partial charge < -0.3 is 19.1 Å². The first kappa shape index (κ1) is 22.7. The van der Waals surface area contributed by atoms with E-state index in [0.717, 1.165) is 45.0 Å². The summed E-state index contributed by atoms with van der Waals surface area (Å²) in [6, 6.07) is 1.97. The zero-order chi connectivity index (χ0) is 21.5. The largest absolute Gasteiger partial charge is 0.483 e. The van der Waals surface area contributed by atoms with Crippen molar-refractivity contribution in [3.8, 4) is 11.5 Å². The molecule has 3 heterocycles. The third-order valence-electron chi connectivity index (χ3n) is 5.74. The SMILES string of the molecule is CC.O=C1COCCN1CCC1CCN(C[C@H]2COc3c(F)cc(F)cc3O2)CC1. The number of piperidine rings is 1. The number of likely N-dealkylation sites (tertiary alicyclic amines) is 1. The molecule has 2 fully saturated rings. The van der Waals surface area contributed by atoms with Crippen molar-refractivity contribution in [3.05, 3.63) is 23.8 Å². The van der Waals surface area contributed by atoms with E-state index in [4.69, 9.17) is 14.2 Å². The van der Waals surface area contributed by atoms with E-state index >= 15 is 0 Å². The minimum absolute atomic E-state index is 0.00554. The van der Waals surface area contributed by atoms with E-state index in [1.807, 2.05) is 18.7 Å². The van der Waals surface area contributed by atoms with Gasteiger partial charge in [0.15, 0.2) is 17.3 Å². The minimum atomic E-state index is -0.729. The summed E-state index contributed by atoms with van der Waals surface area (Å²) >= 11 is 0. The van der Waals surface area contributed by atoms with Crippen molar-refractivity contribution in [2.45, 2.75) is 39.2 Å². The predicted molar refractivity (Wildman–Crippen MR) is 109 cm³/mol. The molecule has 1 aromatic carbocycles. The Bertz CT molecular complexity index is 711. The minimum Gasteiger partial charge on any atom is -0.483 e. The molecule has 168 valence electrons. The monoisotopic (exact) mass is 426 g/mol. The number of nitrogens with zero attached hydrogens (tertiary/aromatic N) is 2. The van der Waals surface area contributed by atoms with Crippen LogP contribution in [-0.2, 0) is 9.53 Å². The second-order valence-corrected chi connectivity index (χ2v) is 7.73. The van der Waals surface area contributed by atoms with E-state index in [0.29, 0.717) is 25.6 Å². The topological polar surface area (TPSA) is 51.2 Å². The maximum Gasteiger partial charge on any atom is 0.248 e. The van der Waals surface area contributed by atoms with Gasteiger partial charge in [-0.05, 0) is 38.3 Å². The summed E-state index contributed by atoms with van der Waals surface area (Å²) < 4.78 is 43.5. The number of hydrogen-bond acceptors (Lipinski definition) is 5. The van der Waals surface area contributed by atoms with Crippen molar-refractivity contribution in [1.82, 2.24) is 9.80 Å². The summed E-state index contributed by atoms with van der Waals surface area (Å²) in [6.45, 7) is 9.17. The number of benzene rings is 1. The number of rotatable bonds is 5. The summed E-state index contributed by atoms with van der Waals surface area (Å²) in [5, 5.41) is 0. The molecule has 1 atom stereocenters. The highest BCUT2D eigenvalue weighted by Gasteiger charge is 2.29. The molecule has 3 aliphatic heterocycles. The van der Waals surface area contributed by atoms with Gasteiger partial charge >= 0.3 is 0 Å². The van der Waals surface area contributed by atoms with Gasteiger partial charge in [0, 0.05) is 31.8 Å². The molecule has 0 bridgehead atoms. The van der Waals surface area contributed by atoms with Crippen molar-refractivity contribution in [2.24, 2.45) is 5.92 Å². The predicted octanol–water partition coefficient (Wildman–Crippen LogP) is 3.09. The third kappa shape index (κ3) is 5.82. The highest BCUT2D eigenvalue weighted by molar-refractivity contribution is 5.77. The zero-order valence-electron chi connectivity index (χ0n) is 17.9. The standard InChI is InChI=1S/C20H26F2N2O4.C2H6/c21-15-9-17(22)20-18(10-15)28-16(12-27-20)11-23-4-1-14(2-5-23)3-6-24-7-8-26-13-19(24)25;1-2/h9-10,14,16H,1-8,11-13H2;1-2H3/t16-;/m0./s1. The van der Waals surface area contributed by atoms with Crippen LogP contribution < -0.4 is 9.47 Å². The van der Waals surface area contributed by atoms with Gasteiger partial charge in [-0.1, -0.05) is 13.8 Å². The van der Waals surface area contributed by atoms with Gasteiger partial charge in [-0.2, -0.15) is 0 Å². The van der Waals surface area contributed by atoms with Gasteiger partial charge in [0.25, 0.3) is 0 Å². The normalized spacial score (nSPS) is 22.5. The first-order valence-corrected chi connectivity index (χ1v) is 10.9. The molecule has 0 spiro atoms. The highest BCUT2D eigenvalue weighted by Crippen LogP contribution is 2.35. The van der Waals surface area contributed by atoms with Gasteiger partial charge in [-0.15, -0.1) is 0 Å². The van der Waals surface area contributed by atoms with E-state index in [9.17, 15) is 13.6 Å². The Morgan fingerprint density at radius 2 is 1.90 bits per heavy atom. The molecule has 8 heteroatoms. The highest BCUT2D eigenvalue weighted by atomic mass is 19.1. The van der Waals surface area contributed by atoms with Crippen LogP contribution in [0.5, 0.6) is 11.5 Å². The number of hydrogen-bond donors (Lipinski definition) is 0. The van der Waals surface area contributed by atoms with E-state index in [-0.39, 0.29) is 36.7 Å². The molecule has 30 heavy (non-hydrogen) atoms. The molecule has 4 rings (SSSR count). The summed E-state index contributed by atoms with van der Waals surface area (Å²) in [7, 11) is 0. The fourth-order valence-corrected chi connectivity index (χ4v) is 4.11. The van der Waals surface area contributed by atoms with E-state index in [2.05, 4.69) is 4.90 Å². The summed E-state index contributed by atoms with van der Waals surface area (Å²) in [6.07, 6.45) is 2.93. The van der Waals surface area contributed by atoms with Crippen molar-refractivity contribution >= 4 is 5.91 Å². The lowest BCUT2D eigenvalue weighted by atomic mass is 9.93. The van der Waals surface area contributed by atoms with Crippen LogP contribution in [0.2, 0.25) is 0 Å². The Kier molecular flexibility index (Phi) is 8.27. The summed E-state index contributed by atoms with van der Waals surface area (Å²) in [4.78, 5) is 16.0.